The van der Waals surface area contributed by atoms with Crippen LogP contribution in [-0.2, 0) is 24.4 Å². The number of rotatable bonds is 15. The molecule has 0 bridgehead atoms. The number of carbonyl (C=O) groups excluding carboxylic acids is 4. The molecule has 0 heterocycles. The molecule has 3 amide bonds. The maximum absolute atomic E-state index is 13.1. The number of sulfonamides is 1. The van der Waals surface area contributed by atoms with E-state index in [9.17, 15) is 27.6 Å². The molecule has 0 saturated heterocycles. The summed E-state index contributed by atoms with van der Waals surface area (Å²) in [4.78, 5) is 50.5. The number of amides is 3. The van der Waals surface area contributed by atoms with Crippen LogP contribution >= 0.6 is 11.8 Å². The van der Waals surface area contributed by atoms with Gasteiger partial charge in [-0.25, -0.2) is 8.42 Å². The summed E-state index contributed by atoms with van der Waals surface area (Å²) >= 11 is 0.926. The van der Waals surface area contributed by atoms with Gasteiger partial charge in [0.2, 0.25) is 11.0 Å². The first kappa shape index (κ1) is 34.1. The van der Waals surface area contributed by atoms with Crippen LogP contribution in [-0.4, -0.2) is 61.8 Å². The summed E-state index contributed by atoms with van der Waals surface area (Å²) in [7, 11) is -3.97. The lowest BCUT2D eigenvalue weighted by Crippen LogP contribution is -2.42. The minimum Gasteiger partial charge on any atom is -0.396 e. The Balaban J connectivity index is 1.59. The number of aliphatic hydroxyl groups excluding tert-OH is 1. The van der Waals surface area contributed by atoms with Gasteiger partial charge < -0.3 is 15.3 Å². The van der Waals surface area contributed by atoms with Crippen molar-refractivity contribution in [2.75, 3.05) is 40.5 Å². The van der Waals surface area contributed by atoms with Gasteiger partial charge in [-0.2, -0.15) is 0 Å². The third kappa shape index (κ3) is 10.4. The molecule has 44 heavy (non-hydrogen) atoms. The Labute approximate surface area is 260 Å². The highest BCUT2D eigenvalue weighted by Gasteiger charge is 2.20. The van der Waals surface area contributed by atoms with Crippen LogP contribution in [0, 0.1) is 0 Å². The average molecular weight is 642 g/mol. The SMILES string of the molecule is CCCCN(C(=O)CSC(=O)c1ccccc1)c1ccc(S(=O)(=O)Nc2ccc(NNC(=O)C(=O)NCCCO)cc2)cc1. The minimum absolute atomic E-state index is 0.0144. The first-order valence-electron chi connectivity index (χ1n) is 13.8. The summed E-state index contributed by atoms with van der Waals surface area (Å²) < 4.78 is 28.5. The first-order chi connectivity index (χ1) is 21.1. The summed E-state index contributed by atoms with van der Waals surface area (Å²) in [5.41, 5.74) is 6.48. The van der Waals surface area contributed by atoms with Crippen molar-refractivity contribution in [3.8, 4) is 0 Å². The smallest absolute Gasteiger partial charge is 0.327 e. The van der Waals surface area contributed by atoms with Gasteiger partial charge in [-0.05, 0) is 61.4 Å². The van der Waals surface area contributed by atoms with Crippen molar-refractivity contribution in [3.63, 3.8) is 0 Å². The second-order valence-corrected chi connectivity index (χ2v) is 12.1. The molecule has 3 rings (SSSR count). The molecule has 0 aromatic heterocycles. The number of anilines is 3. The van der Waals surface area contributed by atoms with E-state index < -0.39 is 21.8 Å². The van der Waals surface area contributed by atoms with Crippen molar-refractivity contribution < 1.29 is 32.7 Å². The molecule has 5 N–H and O–H groups in total. The molecule has 3 aromatic rings. The molecular weight excluding hydrogens is 606 g/mol. The molecular formula is C30H35N5O7S2. The number of benzene rings is 3. The number of carbonyl (C=O) groups is 4. The summed E-state index contributed by atoms with van der Waals surface area (Å²) in [6, 6.07) is 20.6. The van der Waals surface area contributed by atoms with E-state index in [1.54, 1.807) is 41.3 Å². The molecule has 0 aliphatic heterocycles. The molecule has 0 unspecified atom stereocenters. The van der Waals surface area contributed by atoms with Crippen LogP contribution in [0.2, 0.25) is 0 Å². The molecule has 0 aliphatic rings. The fraction of sp³-hybridized carbons (Fsp3) is 0.267. The molecule has 0 atom stereocenters. The number of hydrazine groups is 1. The van der Waals surface area contributed by atoms with Gasteiger partial charge in [0.1, 0.15) is 0 Å². The monoisotopic (exact) mass is 641 g/mol. The lowest BCUT2D eigenvalue weighted by Gasteiger charge is -2.23. The van der Waals surface area contributed by atoms with E-state index in [0.717, 1.165) is 24.6 Å². The third-order valence-corrected chi connectivity index (χ3v) is 8.40. The summed E-state index contributed by atoms with van der Waals surface area (Å²) in [6.07, 6.45) is 1.90. The molecule has 14 heteroatoms. The van der Waals surface area contributed by atoms with E-state index in [0.29, 0.717) is 29.9 Å². The van der Waals surface area contributed by atoms with Crippen molar-refractivity contribution >= 4 is 61.7 Å². The van der Waals surface area contributed by atoms with E-state index in [-0.39, 0.29) is 40.5 Å². The summed E-state index contributed by atoms with van der Waals surface area (Å²) in [5.74, 6) is -2.10. The molecule has 3 aromatic carbocycles. The Kier molecular flexibility index (Phi) is 13.2. The summed E-state index contributed by atoms with van der Waals surface area (Å²) in [6.45, 7) is 2.47. The predicted octanol–water partition coefficient (Wildman–Crippen LogP) is 3.14. The van der Waals surface area contributed by atoms with Crippen molar-refractivity contribution in [1.29, 1.82) is 0 Å². The molecule has 0 saturated carbocycles. The topological polar surface area (TPSA) is 174 Å². The largest absolute Gasteiger partial charge is 0.396 e. The quantitative estimate of drug-likeness (QED) is 0.0949. The molecule has 0 fully saturated rings. The first-order valence-corrected chi connectivity index (χ1v) is 16.3. The molecule has 0 aliphatic carbocycles. The Morgan fingerprint density at radius 2 is 1.50 bits per heavy atom. The van der Waals surface area contributed by atoms with Gasteiger partial charge in [0.15, 0.2) is 0 Å². The third-order valence-electron chi connectivity index (χ3n) is 6.12. The average Bonchev–Trinajstić information content (AvgIpc) is 3.03. The fourth-order valence-electron chi connectivity index (χ4n) is 3.76. The zero-order valence-electron chi connectivity index (χ0n) is 24.1. The van der Waals surface area contributed by atoms with Crippen LogP contribution in [0.15, 0.2) is 83.8 Å². The Hall–Kier alpha value is -4.40. The van der Waals surface area contributed by atoms with Crippen molar-refractivity contribution in [3.05, 3.63) is 84.4 Å². The van der Waals surface area contributed by atoms with E-state index in [1.165, 1.54) is 36.4 Å². The van der Waals surface area contributed by atoms with Crippen molar-refractivity contribution in [2.24, 2.45) is 0 Å². The lowest BCUT2D eigenvalue weighted by atomic mass is 10.2. The number of thioether (sulfide) groups is 1. The summed E-state index contributed by atoms with van der Waals surface area (Å²) in [5, 5.41) is 10.9. The number of nitrogens with one attached hydrogen (secondary N) is 4. The number of unbranched alkanes of at least 4 members (excludes halogenated alkanes) is 1. The van der Waals surface area contributed by atoms with Crippen LogP contribution < -0.4 is 25.8 Å². The zero-order chi connectivity index (χ0) is 32.0. The van der Waals surface area contributed by atoms with Gasteiger partial charge in [0.05, 0.1) is 16.3 Å². The predicted molar refractivity (Wildman–Crippen MR) is 171 cm³/mol. The second-order valence-electron chi connectivity index (χ2n) is 9.43. The molecule has 12 nitrogen and oxygen atoms in total. The number of hydrogen-bond donors (Lipinski definition) is 5. The Morgan fingerprint density at radius 1 is 0.841 bits per heavy atom. The van der Waals surface area contributed by atoms with Gasteiger partial charge in [-0.1, -0.05) is 55.4 Å². The normalized spacial score (nSPS) is 10.9. The lowest BCUT2D eigenvalue weighted by molar-refractivity contribution is -0.138. The van der Waals surface area contributed by atoms with Gasteiger partial charge in [0, 0.05) is 36.6 Å². The maximum Gasteiger partial charge on any atom is 0.327 e. The van der Waals surface area contributed by atoms with Crippen LogP contribution in [0.3, 0.4) is 0 Å². The van der Waals surface area contributed by atoms with Gasteiger partial charge in [0.25, 0.3) is 10.0 Å². The van der Waals surface area contributed by atoms with Crippen LogP contribution in [0.1, 0.15) is 36.5 Å². The zero-order valence-corrected chi connectivity index (χ0v) is 25.7. The molecule has 234 valence electrons. The molecule has 0 spiro atoms. The fourth-order valence-corrected chi connectivity index (χ4v) is 5.54. The highest BCUT2D eigenvalue weighted by atomic mass is 32.2. The van der Waals surface area contributed by atoms with Gasteiger partial charge in [-0.15, -0.1) is 0 Å². The number of hydrogen-bond acceptors (Lipinski definition) is 9. The maximum atomic E-state index is 13.1. The number of aliphatic hydroxyl groups is 1. The second kappa shape index (κ2) is 17.0. The van der Waals surface area contributed by atoms with Crippen LogP contribution in [0.25, 0.3) is 0 Å². The molecule has 0 radical (unpaired) electrons. The van der Waals surface area contributed by atoms with Crippen LogP contribution in [0.5, 0.6) is 0 Å². The van der Waals surface area contributed by atoms with Crippen LogP contribution in [0.4, 0.5) is 17.1 Å². The van der Waals surface area contributed by atoms with E-state index in [2.05, 4.69) is 20.9 Å². The van der Waals surface area contributed by atoms with E-state index >= 15 is 0 Å². The van der Waals surface area contributed by atoms with E-state index in [1.807, 2.05) is 13.0 Å². The van der Waals surface area contributed by atoms with Crippen molar-refractivity contribution in [2.45, 2.75) is 31.1 Å². The Bertz CT molecular complexity index is 1520. The number of nitrogens with zero attached hydrogens (tertiary/aromatic N) is 1. The van der Waals surface area contributed by atoms with Gasteiger partial charge >= 0.3 is 11.8 Å². The highest BCUT2D eigenvalue weighted by Crippen LogP contribution is 2.23. The van der Waals surface area contributed by atoms with E-state index in [4.69, 9.17) is 5.11 Å². The van der Waals surface area contributed by atoms with Gasteiger partial charge in [-0.3, -0.25) is 34.8 Å². The Morgan fingerprint density at radius 3 is 2.14 bits per heavy atom. The standard InChI is InChI=1S/C30H35N5O7S2/c1-2-3-19-35(27(37)21-43-30(40)22-8-5-4-6-9-22)25-14-16-26(17-15-25)44(41,42)34-24-12-10-23(11-13-24)32-33-29(39)28(38)31-18-7-20-36/h4-6,8-17,32,34,36H,2-3,7,18-21H2,1H3,(H,31,38)(H,33,39). The highest BCUT2D eigenvalue weighted by molar-refractivity contribution is 8.14. The minimum atomic E-state index is -3.97. The van der Waals surface area contributed by atoms with Crippen molar-refractivity contribution in [1.82, 2.24) is 10.7 Å².